The van der Waals surface area contributed by atoms with Crippen LogP contribution in [0.4, 0.5) is 0 Å². The SMILES string of the molecule is Cc1nn(Cc2ccccc2)c2sc(C(=O)NCc3ccc4c(c3)OCO4)cc12. The number of nitrogens with one attached hydrogen (secondary N) is 1. The highest BCUT2D eigenvalue weighted by Crippen LogP contribution is 2.32. The number of hydrogen-bond acceptors (Lipinski definition) is 5. The van der Waals surface area contributed by atoms with Crippen molar-refractivity contribution >= 4 is 27.5 Å². The van der Waals surface area contributed by atoms with Crippen LogP contribution in [0.2, 0.25) is 0 Å². The Morgan fingerprint density at radius 2 is 1.93 bits per heavy atom. The summed E-state index contributed by atoms with van der Waals surface area (Å²) in [4.78, 5) is 14.4. The number of thiophene rings is 1. The van der Waals surface area contributed by atoms with E-state index in [0.717, 1.165) is 33.0 Å². The molecular weight excluding hydrogens is 386 g/mol. The molecular formula is C22H19N3O3S. The van der Waals surface area contributed by atoms with Gasteiger partial charge in [-0.1, -0.05) is 36.4 Å². The fourth-order valence-electron chi connectivity index (χ4n) is 3.41. The largest absolute Gasteiger partial charge is 0.454 e. The van der Waals surface area contributed by atoms with Crippen molar-refractivity contribution in [3.63, 3.8) is 0 Å². The van der Waals surface area contributed by atoms with E-state index in [1.165, 1.54) is 16.9 Å². The summed E-state index contributed by atoms with van der Waals surface area (Å²) in [5.74, 6) is 1.37. The third-order valence-corrected chi connectivity index (χ3v) is 6.04. The van der Waals surface area contributed by atoms with Gasteiger partial charge in [-0.25, -0.2) is 0 Å². The van der Waals surface area contributed by atoms with Crippen LogP contribution in [0.15, 0.2) is 54.6 Å². The van der Waals surface area contributed by atoms with Crippen LogP contribution in [0, 0.1) is 6.92 Å². The summed E-state index contributed by atoms with van der Waals surface area (Å²) < 4.78 is 12.7. The lowest BCUT2D eigenvalue weighted by atomic mass is 10.2. The monoisotopic (exact) mass is 405 g/mol. The van der Waals surface area contributed by atoms with E-state index in [9.17, 15) is 4.79 Å². The minimum absolute atomic E-state index is 0.0884. The molecule has 3 heterocycles. The van der Waals surface area contributed by atoms with Gasteiger partial charge in [-0.05, 0) is 36.2 Å². The fourth-order valence-corrected chi connectivity index (χ4v) is 4.49. The zero-order valence-electron chi connectivity index (χ0n) is 15.8. The first kappa shape index (κ1) is 17.8. The predicted octanol–water partition coefficient (Wildman–Crippen LogP) is 4.11. The van der Waals surface area contributed by atoms with Gasteiger partial charge in [-0.15, -0.1) is 11.3 Å². The number of ether oxygens (including phenoxy) is 2. The van der Waals surface area contributed by atoms with Crippen LogP contribution in [0.25, 0.3) is 10.2 Å². The number of rotatable bonds is 5. The fraction of sp³-hybridized carbons (Fsp3) is 0.182. The van der Waals surface area contributed by atoms with Gasteiger partial charge in [0.15, 0.2) is 11.5 Å². The Labute approximate surface area is 171 Å². The van der Waals surface area contributed by atoms with Crippen molar-refractivity contribution in [1.29, 1.82) is 0 Å². The van der Waals surface area contributed by atoms with Crippen LogP contribution < -0.4 is 14.8 Å². The zero-order chi connectivity index (χ0) is 19.8. The van der Waals surface area contributed by atoms with Crippen LogP contribution in [0.3, 0.4) is 0 Å². The van der Waals surface area contributed by atoms with E-state index in [4.69, 9.17) is 9.47 Å². The normalized spacial score (nSPS) is 12.4. The number of carbonyl (C=O) groups excluding carboxylic acids is 1. The average molecular weight is 405 g/mol. The van der Waals surface area contributed by atoms with E-state index >= 15 is 0 Å². The van der Waals surface area contributed by atoms with Gasteiger partial charge in [0, 0.05) is 11.9 Å². The second kappa shape index (κ2) is 7.25. The second-order valence-corrected chi connectivity index (χ2v) is 7.96. The Hall–Kier alpha value is -3.32. The average Bonchev–Trinajstić information content (AvgIpc) is 3.44. The van der Waals surface area contributed by atoms with Crippen LogP contribution in [0.5, 0.6) is 11.5 Å². The van der Waals surface area contributed by atoms with Crippen molar-refractivity contribution in [2.24, 2.45) is 0 Å². The number of hydrogen-bond donors (Lipinski definition) is 1. The molecule has 5 rings (SSSR count). The van der Waals surface area contributed by atoms with Crippen LogP contribution in [0.1, 0.15) is 26.5 Å². The van der Waals surface area contributed by atoms with Crippen LogP contribution in [-0.4, -0.2) is 22.5 Å². The molecule has 2 aromatic heterocycles. The summed E-state index contributed by atoms with van der Waals surface area (Å²) in [5.41, 5.74) is 3.08. The van der Waals surface area contributed by atoms with Crippen molar-refractivity contribution in [2.75, 3.05) is 6.79 Å². The van der Waals surface area contributed by atoms with Gasteiger partial charge in [0.05, 0.1) is 17.1 Å². The highest BCUT2D eigenvalue weighted by Gasteiger charge is 2.17. The van der Waals surface area contributed by atoms with Gasteiger partial charge in [0.2, 0.25) is 6.79 Å². The number of aromatic nitrogens is 2. The van der Waals surface area contributed by atoms with Gasteiger partial charge in [-0.3, -0.25) is 9.48 Å². The quantitative estimate of drug-likeness (QED) is 0.543. The Morgan fingerprint density at radius 1 is 1.10 bits per heavy atom. The van der Waals surface area contributed by atoms with E-state index in [1.807, 2.05) is 54.1 Å². The highest BCUT2D eigenvalue weighted by molar-refractivity contribution is 7.20. The molecule has 0 saturated heterocycles. The Balaban J connectivity index is 1.33. The minimum Gasteiger partial charge on any atom is -0.454 e. The summed E-state index contributed by atoms with van der Waals surface area (Å²) >= 11 is 1.47. The van der Waals surface area contributed by atoms with Crippen molar-refractivity contribution in [3.05, 3.63) is 76.3 Å². The number of carbonyl (C=O) groups is 1. The van der Waals surface area contributed by atoms with Gasteiger partial charge >= 0.3 is 0 Å². The summed E-state index contributed by atoms with van der Waals surface area (Å²) in [6.07, 6.45) is 0. The van der Waals surface area contributed by atoms with Crippen LogP contribution >= 0.6 is 11.3 Å². The number of fused-ring (bicyclic) bond motifs is 2. The maximum atomic E-state index is 12.7. The molecule has 0 radical (unpaired) electrons. The van der Waals surface area contributed by atoms with Gasteiger partial charge < -0.3 is 14.8 Å². The van der Waals surface area contributed by atoms with Crippen molar-refractivity contribution in [2.45, 2.75) is 20.0 Å². The molecule has 0 fully saturated rings. The van der Waals surface area contributed by atoms with Crippen molar-refractivity contribution in [3.8, 4) is 11.5 Å². The summed E-state index contributed by atoms with van der Waals surface area (Å²) in [6.45, 7) is 3.33. The van der Waals surface area contributed by atoms with Gasteiger partial charge in [-0.2, -0.15) is 5.10 Å². The van der Waals surface area contributed by atoms with Crippen LogP contribution in [-0.2, 0) is 13.1 Å². The first-order valence-corrected chi connectivity index (χ1v) is 10.2. The molecule has 2 aromatic carbocycles. The molecule has 29 heavy (non-hydrogen) atoms. The number of benzene rings is 2. The molecule has 0 bridgehead atoms. The molecule has 0 unspecified atom stereocenters. The van der Waals surface area contributed by atoms with E-state index in [0.29, 0.717) is 18.0 Å². The number of amides is 1. The summed E-state index contributed by atoms with van der Waals surface area (Å²) in [6, 6.07) is 17.8. The first-order chi connectivity index (χ1) is 14.2. The first-order valence-electron chi connectivity index (χ1n) is 9.35. The smallest absolute Gasteiger partial charge is 0.261 e. The highest BCUT2D eigenvalue weighted by atomic mass is 32.1. The Morgan fingerprint density at radius 3 is 2.79 bits per heavy atom. The molecule has 0 saturated carbocycles. The predicted molar refractivity (Wildman–Crippen MR) is 112 cm³/mol. The lowest BCUT2D eigenvalue weighted by Gasteiger charge is -2.05. The molecule has 4 aromatic rings. The summed E-state index contributed by atoms with van der Waals surface area (Å²) in [5, 5.41) is 8.66. The Kier molecular flexibility index (Phi) is 4.44. The molecule has 1 N–H and O–H groups in total. The molecule has 146 valence electrons. The van der Waals surface area contributed by atoms with Gasteiger partial charge in [0.25, 0.3) is 5.91 Å². The molecule has 7 heteroatoms. The minimum atomic E-state index is -0.0884. The van der Waals surface area contributed by atoms with E-state index < -0.39 is 0 Å². The second-order valence-electron chi connectivity index (χ2n) is 6.93. The molecule has 0 spiro atoms. The van der Waals surface area contributed by atoms with Crippen molar-refractivity contribution < 1.29 is 14.3 Å². The maximum absolute atomic E-state index is 12.7. The maximum Gasteiger partial charge on any atom is 0.261 e. The molecule has 0 aliphatic carbocycles. The number of nitrogens with zero attached hydrogens (tertiary/aromatic N) is 2. The molecule has 1 amide bonds. The lowest BCUT2D eigenvalue weighted by molar-refractivity contribution is 0.0955. The standard InChI is InChI=1S/C22H19N3O3S/c1-14-17-10-20(29-22(17)25(24-14)12-15-5-3-2-4-6-15)21(26)23-11-16-7-8-18-19(9-16)28-13-27-18/h2-10H,11-13H2,1H3,(H,23,26). The lowest BCUT2D eigenvalue weighted by Crippen LogP contribution is -2.21. The number of aryl methyl sites for hydroxylation is 1. The van der Waals surface area contributed by atoms with E-state index in [1.54, 1.807) is 0 Å². The zero-order valence-corrected chi connectivity index (χ0v) is 16.7. The van der Waals surface area contributed by atoms with E-state index in [2.05, 4.69) is 22.5 Å². The molecule has 0 atom stereocenters. The van der Waals surface area contributed by atoms with E-state index in [-0.39, 0.29) is 12.7 Å². The molecule has 1 aliphatic heterocycles. The third-order valence-electron chi connectivity index (χ3n) is 4.90. The van der Waals surface area contributed by atoms with Gasteiger partial charge in [0.1, 0.15) is 4.83 Å². The molecule has 6 nitrogen and oxygen atoms in total. The topological polar surface area (TPSA) is 65.4 Å². The Bertz CT molecular complexity index is 1200. The summed E-state index contributed by atoms with van der Waals surface area (Å²) in [7, 11) is 0. The van der Waals surface area contributed by atoms with Crippen molar-refractivity contribution in [1.82, 2.24) is 15.1 Å². The molecule has 1 aliphatic rings. The third kappa shape index (κ3) is 3.45.